The van der Waals surface area contributed by atoms with Gasteiger partial charge in [-0.3, -0.25) is 9.78 Å². The van der Waals surface area contributed by atoms with Gasteiger partial charge in [-0.25, -0.2) is 18.4 Å². The Bertz CT molecular complexity index is 1110. The normalized spacial score (nSPS) is 18.3. The molecule has 8 nitrogen and oxygen atoms in total. The third-order valence-corrected chi connectivity index (χ3v) is 6.13. The predicted octanol–water partition coefficient (Wildman–Crippen LogP) is 1.69. The van der Waals surface area contributed by atoms with Gasteiger partial charge in [0.25, 0.3) is 5.91 Å². The van der Waals surface area contributed by atoms with Crippen LogP contribution in [0.3, 0.4) is 0 Å². The Hall–Kier alpha value is -3.07. The largest absolute Gasteiger partial charge is 0.347 e. The van der Waals surface area contributed by atoms with E-state index < -0.39 is 15.7 Å². The average Bonchev–Trinajstić information content (AvgIpc) is 3.00. The molecular weight excluding hydrogens is 366 g/mol. The van der Waals surface area contributed by atoms with E-state index in [0.29, 0.717) is 12.2 Å². The number of benzene rings is 1. The highest BCUT2D eigenvalue weighted by atomic mass is 32.2. The van der Waals surface area contributed by atoms with Crippen LogP contribution < -0.4 is 10.6 Å². The van der Waals surface area contributed by atoms with Crippen LogP contribution in [0.5, 0.6) is 0 Å². The van der Waals surface area contributed by atoms with E-state index in [9.17, 15) is 13.2 Å². The zero-order chi connectivity index (χ0) is 18.9. The first kappa shape index (κ1) is 17.3. The van der Waals surface area contributed by atoms with Crippen LogP contribution >= 0.6 is 0 Å². The van der Waals surface area contributed by atoms with Crippen LogP contribution in [0.1, 0.15) is 16.9 Å². The maximum absolute atomic E-state index is 12.4. The number of amides is 1. The number of carbonyl (C=O) groups is 1. The van der Waals surface area contributed by atoms with Crippen LogP contribution in [0, 0.1) is 0 Å². The zero-order valence-electron chi connectivity index (χ0n) is 14.3. The quantitative estimate of drug-likeness (QED) is 0.704. The molecule has 3 aromatic rings. The molecule has 1 atom stereocenters. The van der Waals surface area contributed by atoms with Gasteiger partial charge >= 0.3 is 0 Å². The molecule has 4 rings (SSSR count). The fourth-order valence-corrected chi connectivity index (χ4v) is 4.73. The highest BCUT2D eigenvalue weighted by Crippen LogP contribution is 2.23. The lowest BCUT2D eigenvalue weighted by molar-refractivity contribution is 0.0936. The molecule has 0 radical (unpaired) electrons. The average molecular weight is 383 g/mol. The van der Waals surface area contributed by atoms with Gasteiger partial charge in [0.2, 0.25) is 0 Å². The van der Waals surface area contributed by atoms with Crippen molar-refractivity contribution in [2.24, 2.45) is 0 Å². The second-order valence-electron chi connectivity index (χ2n) is 6.37. The minimum Gasteiger partial charge on any atom is -0.347 e. The lowest BCUT2D eigenvalue weighted by Crippen LogP contribution is -2.36. The highest BCUT2D eigenvalue weighted by molar-refractivity contribution is 7.91. The third kappa shape index (κ3) is 3.87. The number of nitrogens with one attached hydrogen (secondary N) is 2. The first-order valence-electron chi connectivity index (χ1n) is 8.44. The number of hydrogen-bond acceptors (Lipinski definition) is 7. The Morgan fingerprint density at radius 1 is 1.11 bits per heavy atom. The van der Waals surface area contributed by atoms with Gasteiger partial charge in [-0.15, -0.1) is 0 Å². The molecule has 1 unspecified atom stereocenters. The Morgan fingerprint density at radius 2 is 1.96 bits per heavy atom. The minimum atomic E-state index is -3.06. The van der Waals surface area contributed by atoms with Gasteiger partial charge < -0.3 is 10.6 Å². The summed E-state index contributed by atoms with van der Waals surface area (Å²) in [6.45, 7) is 0. The molecule has 0 aliphatic carbocycles. The summed E-state index contributed by atoms with van der Waals surface area (Å²) < 4.78 is 23.1. The minimum absolute atomic E-state index is 0.0311. The van der Waals surface area contributed by atoms with Crippen molar-refractivity contribution in [1.82, 2.24) is 20.3 Å². The molecule has 1 aromatic carbocycles. The van der Waals surface area contributed by atoms with Crippen molar-refractivity contribution < 1.29 is 13.2 Å². The molecule has 1 saturated heterocycles. The van der Waals surface area contributed by atoms with Crippen LogP contribution in [-0.4, -0.2) is 46.8 Å². The summed E-state index contributed by atoms with van der Waals surface area (Å²) >= 11 is 0. The molecule has 1 amide bonds. The van der Waals surface area contributed by atoms with E-state index in [0.717, 1.165) is 16.6 Å². The lowest BCUT2D eigenvalue weighted by Gasteiger charge is -2.11. The number of sulfone groups is 1. The molecule has 0 spiro atoms. The molecule has 1 aliphatic heterocycles. The Balaban J connectivity index is 1.53. The van der Waals surface area contributed by atoms with Crippen molar-refractivity contribution in [1.29, 1.82) is 0 Å². The number of pyridine rings is 1. The van der Waals surface area contributed by atoms with E-state index in [1.54, 1.807) is 6.20 Å². The van der Waals surface area contributed by atoms with Gasteiger partial charge in [-0.1, -0.05) is 18.2 Å². The molecule has 1 fully saturated rings. The Morgan fingerprint density at radius 3 is 2.78 bits per heavy atom. The predicted molar refractivity (Wildman–Crippen MR) is 102 cm³/mol. The number of para-hydroxylation sites is 1. The highest BCUT2D eigenvalue weighted by Gasteiger charge is 2.29. The topological polar surface area (TPSA) is 114 Å². The van der Waals surface area contributed by atoms with E-state index in [-0.39, 0.29) is 23.2 Å². The number of hydrogen-bond donors (Lipinski definition) is 2. The lowest BCUT2D eigenvalue weighted by atomic mass is 10.2. The molecule has 138 valence electrons. The summed E-state index contributed by atoms with van der Waals surface area (Å²) in [5.74, 6) is 0.102. The molecule has 3 heterocycles. The monoisotopic (exact) mass is 383 g/mol. The summed E-state index contributed by atoms with van der Waals surface area (Å²) in [4.78, 5) is 24.9. The van der Waals surface area contributed by atoms with Gasteiger partial charge in [0.1, 0.15) is 17.8 Å². The molecular formula is C18H17N5O3S. The van der Waals surface area contributed by atoms with E-state index in [1.807, 2.05) is 30.3 Å². The zero-order valence-corrected chi connectivity index (χ0v) is 15.1. The Labute approximate surface area is 156 Å². The van der Waals surface area contributed by atoms with Gasteiger partial charge in [-0.2, -0.15) is 0 Å². The number of rotatable bonds is 4. The van der Waals surface area contributed by atoms with E-state index >= 15 is 0 Å². The van der Waals surface area contributed by atoms with Crippen molar-refractivity contribution in [2.75, 3.05) is 16.8 Å². The van der Waals surface area contributed by atoms with Crippen molar-refractivity contribution in [3.8, 4) is 0 Å². The number of aromatic nitrogens is 3. The number of fused-ring (bicyclic) bond motifs is 1. The molecule has 0 bridgehead atoms. The first-order chi connectivity index (χ1) is 13.0. The molecule has 2 aromatic heterocycles. The molecule has 2 N–H and O–H groups in total. The van der Waals surface area contributed by atoms with Crippen LogP contribution in [0.25, 0.3) is 10.9 Å². The molecule has 9 heteroatoms. The smallest absolute Gasteiger partial charge is 0.270 e. The van der Waals surface area contributed by atoms with Crippen LogP contribution in [0.15, 0.2) is 48.9 Å². The van der Waals surface area contributed by atoms with Crippen molar-refractivity contribution >= 4 is 38.2 Å². The molecule has 27 heavy (non-hydrogen) atoms. The van der Waals surface area contributed by atoms with Gasteiger partial charge in [0.05, 0.1) is 22.7 Å². The van der Waals surface area contributed by atoms with Gasteiger partial charge in [0, 0.05) is 23.7 Å². The molecule has 1 aliphatic rings. The summed E-state index contributed by atoms with van der Waals surface area (Å²) in [5.41, 5.74) is 1.73. The van der Waals surface area contributed by atoms with Crippen molar-refractivity contribution in [3.63, 3.8) is 0 Å². The Kier molecular flexibility index (Phi) is 4.44. The fraction of sp³-hybridized carbons (Fsp3) is 0.222. The van der Waals surface area contributed by atoms with E-state index in [2.05, 4.69) is 25.6 Å². The van der Waals surface area contributed by atoms with E-state index in [1.165, 1.54) is 12.4 Å². The number of carbonyl (C=O) groups excluding carboxylic acids is 1. The number of anilines is 2. The first-order valence-corrected chi connectivity index (χ1v) is 10.3. The van der Waals surface area contributed by atoms with Crippen LogP contribution in [-0.2, 0) is 9.84 Å². The maximum atomic E-state index is 12.4. The summed E-state index contributed by atoms with van der Waals surface area (Å²) in [5, 5.41) is 6.87. The molecule has 0 saturated carbocycles. The standard InChI is InChI=1S/C18H17N5O3S/c24-18(22-13-6-8-27(25,26)10-13)15-9-16(21-11-20-15)23-14-5-1-3-12-4-2-7-19-17(12)14/h1-5,7,9,11,13H,6,8,10H2,(H,22,24)(H,20,21,23). The van der Waals surface area contributed by atoms with Crippen molar-refractivity contribution in [2.45, 2.75) is 12.5 Å². The van der Waals surface area contributed by atoms with Crippen molar-refractivity contribution in [3.05, 3.63) is 54.6 Å². The van der Waals surface area contributed by atoms with Crippen LogP contribution in [0.4, 0.5) is 11.5 Å². The second-order valence-corrected chi connectivity index (χ2v) is 8.60. The van der Waals surface area contributed by atoms with Gasteiger partial charge in [-0.05, 0) is 18.6 Å². The number of nitrogens with zero attached hydrogens (tertiary/aromatic N) is 3. The summed E-state index contributed by atoms with van der Waals surface area (Å²) in [6.07, 6.45) is 3.43. The van der Waals surface area contributed by atoms with Gasteiger partial charge in [0.15, 0.2) is 9.84 Å². The fourth-order valence-electron chi connectivity index (χ4n) is 3.06. The summed E-state index contributed by atoms with van der Waals surface area (Å²) in [7, 11) is -3.06. The third-order valence-electron chi connectivity index (χ3n) is 4.36. The second kappa shape index (κ2) is 6.92. The van der Waals surface area contributed by atoms with Crippen LogP contribution in [0.2, 0.25) is 0 Å². The SMILES string of the molecule is O=C(NC1CCS(=O)(=O)C1)c1cc(Nc2cccc3cccnc23)ncn1. The maximum Gasteiger partial charge on any atom is 0.270 e. The van der Waals surface area contributed by atoms with E-state index in [4.69, 9.17) is 0 Å². The summed E-state index contributed by atoms with van der Waals surface area (Å²) in [6, 6.07) is 10.7.